The van der Waals surface area contributed by atoms with E-state index in [9.17, 15) is 9.90 Å². The smallest absolute Gasteiger partial charge is 0.254 e. The highest BCUT2D eigenvalue weighted by molar-refractivity contribution is 6.21. The minimum Gasteiger partial charge on any atom is -0.384 e. The van der Waals surface area contributed by atoms with Crippen LogP contribution in [0.3, 0.4) is 0 Å². The molecule has 2 N–H and O–H groups in total. The number of methoxy groups -OCH3 is 1. The average Bonchev–Trinajstić information content (AvgIpc) is 2.97. The summed E-state index contributed by atoms with van der Waals surface area (Å²) >= 11 is 0. The Balaban J connectivity index is 2.04. The molecule has 140 valence electrons. The molecule has 4 rings (SSSR count). The second kappa shape index (κ2) is 6.95. The van der Waals surface area contributed by atoms with Crippen molar-refractivity contribution < 1.29 is 14.6 Å². The number of benzene rings is 3. The summed E-state index contributed by atoms with van der Waals surface area (Å²) in [6, 6.07) is 15.9. The molecule has 4 nitrogen and oxygen atoms in total. The normalized spacial score (nSPS) is 20.0. The zero-order chi connectivity index (χ0) is 19.0. The fourth-order valence-electron chi connectivity index (χ4n) is 4.44. The van der Waals surface area contributed by atoms with Crippen LogP contribution >= 0.6 is 0 Å². The van der Waals surface area contributed by atoms with Gasteiger partial charge in [0.25, 0.3) is 5.91 Å². The summed E-state index contributed by atoms with van der Waals surface area (Å²) in [6.07, 6.45) is 2.77. The van der Waals surface area contributed by atoms with E-state index in [1.807, 2.05) is 42.5 Å². The van der Waals surface area contributed by atoms with Gasteiger partial charge in [-0.3, -0.25) is 4.79 Å². The Hall–Kier alpha value is -2.43. The van der Waals surface area contributed by atoms with E-state index in [0.29, 0.717) is 17.7 Å². The van der Waals surface area contributed by atoms with E-state index in [4.69, 9.17) is 4.74 Å². The van der Waals surface area contributed by atoms with Crippen LogP contribution < -0.4 is 5.32 Å². The van der Waals surface area contributed by atoms with Crippen LogP contribution in [0.1, 0.15) is 42.1 Å². The van der Waals surface area contributed by atoms with Crippen molar-refractivity contribution in [3.8, 4) is 0 Å². The summed E-state index contributed by atoms with van der Waals surface area (Å²) < 4.78 is 5.42. The second-order valence-electron chi connectivity index (χ2n) is 7.36. The Kier molecular flexibility index (Phi) is 4.62. The van der Waals surface area contributed by atoms with Crippen LogP contribution in [0.2, 0.25) is 0 Å². The fraction of sp³-hybridized carbons (Fsp3) is 0.348. The van der Waals surface area contributed by atoms with Crippen molar-refractivity contribution in [1.29, 1.82) is 0 Å². The lowest BCUT2D eigenvalue weighted by molar-refractivity contribution is -0.0688. The van der Waals surface area contributed by atoms with E-state index >= 15 is 0 Å². The molecular formula is C23H25NO3. The summed E-state index contributed by atoms with van der Waals surface area (Å²) in [7, 11) is 1.64. The maximum Gasteiger partial charge on any atom is 0.254 e. The monoisotopic (exact) mass is 363 g/mol. The SMILES string of the molecule is CCCCC(COC)C1(O)NC(=O)c2c1c1ccccc1c1ccccc21. The van der Waals surface area contributed by atoms with Crippen LogP contribution in [0, 0.1) is 5.92 Å². The molecule has 0 aromatic heterocycles. The molecule has 0 radical (unpaired) electrons. The number of nitrogens with one attached hydrogen (secondary N) is 1. The molecule has 0 spiro atoms. The minimum absolute atomic E-state index is 0.211. The van der Waals surface area contributed by atoms with Gasteiger partial charge < -0.3 is 15.2 Å². The first kappa shape index (κ1) is 18.0. The van der Waals surface area contributed by atoms with Crippen molar-refractivity contribution >= 4 is 27.5 Å². The van der Waals surface area contributed by atoms with Gasteiger partial charge in [-0.05, 0) is 28.0 Å². The third kappa shape index (κ3) is 2.71. The molecule has 0 bridgehead atoms. The van der Waals surface area contributed by atoms with Crippen molar-refractivity contribution in [3.05, 3.63) is 59.7 Å². The molecule has 1 heterocycles. The summed E-state index contributed by atoms with van der Waals surface area (Å²) in [5, 5.41) is 18.6. The number of fused-ring (bicyclic) bond motifs is 6. The Bertz CT molecular complexity index is 1010. The highest BCUT2D eigenvalue weighted by atomic mass is 16.5. The van der Waals surface area contributed by atoms with Crippen LogP contribution in [-0.4, -0.2) is 24.7 Å². The Morgan fingerprint density at radius 2 is 1.63 bits per heavy atom. The van der Waals surface area contributed by atoms with Crippen LogP contribution in [0.25, 0.3) is 21.5 Å². The van der Waals surface area contributed by atoms with E-state index in [2.05, 4.69) is 18.3 Å². The molecule has 0 aliphatic carbocycles. The lowest BCUT2D eigenvalue weighted by atomic mass is 9.82. The van der Waals surface area contributed by atoms with Gasteiger partial charge in [0, 0.05) is 18.6 Å². The van der Waals surface area contributed by atoms with Gasteiger partial charge in [0.2, 0.25) is 0 Å². The number of hydrogen-bond donors (Lipinski definition) is 2. The van der Waals surface area contributed by atoms with Crippen molar-refractivity contribution in [2.45, 2.75) is 31.9 Å². The van der Waals surface area contributed by atoms with Crippen molar-refractivity contribution in [3.63, 3.8) is 0 Å². The first-order valence-corrected chi connectivity index (χ1v) is 9.59. The van der Waals surface area contributed by atoms with Gasteiger partial charge in [-0.1, -0.05) is 68.3 Å². The molecule has 0 saturated heterocycles. The molecule has 2 atom stereocenters. The lowest BCUT2D eigenvalue weighted by Gasteiger charge is -2.34. The predicted molar refractivity (Wildman–Crippen MR) is 108 cm³/mol. The molecule has 1 aliphatic rings. The first-order valence-electron chi connectivity index (χ1n) is 9.59. The van der Waals surface area contributed by atoms with E-state index in [0.717, 1.165) is 40.8 Å². The van der Waals surface area contributed by atoms with Gasteiger partial charge in [0.05, 0.1) is 12.2 Å². The van der Waals surface area contributed by atoms with Crippen LogP contribution in [0.5, 0.6) is 0 Å². The van der Waals surface area contributed by atoms with Crippen molar-refractivity contribution in [2.24, 2.45) is 5.92 Å². The minimum atomic E-state index is -1.43. The maximum absolute atomic E-state index is 13.0. The van der Waals surface area contributed by atoms with E-state index in [1.54, 1.807) is 7.11 Å². The van der Waals surface area contributed by atoms with E-state index in [1.165, 1.54) is 0 Å². The largest absolute Gasteiger partial charge is 0.384 e. The van der Waals surface area contributed by atoms with Gasteiger partial charge in [0.15, 0.2) is 5.72 Å². The van der Waals surface area contributed by atoms with Gasteiger partial charge in [0.1, 0.15) is 0 Å². The lowest BCUT2D eigenvalue weighted by Crippen LogP contribution is -2.47. The quantitative estimate of drug-likeness (QED) is 0.641. The fourth-order valence-corrected chi connectivity index (χ4v) is 4.44. The number of rotatable bonds is 6. The van der Waals surface area contributed by atoms with Crippen molar-refractivity contribution in [1.82, 2.24) is 5.32 Å². The predicted octanol–water partition coefficient (Wildman–Crippen LogP) is 4.33. The van der Waals surface area contributed by atoms with Crippen LogP contribution in [-0.2, 0) is 10.5 Å². The topological polar surface area (TPSA) is 58.6 Å². The number of amides is 1. The van der Waals surface area contributed by atoms with Crippen molar-refractivity contribution in [2.75, 3.05) is 13.7 Å². The number of hydrogen-bond acceptors (Lipinski definition) is 3. The molecule has 0 fully saturated rings. The van der Waals surface area contributed by atoms with E-state index in [-0.39, 0.29) is 11.8 Å². The number of ether oxygens (including phenoxy) is 1. The summed E-state index contributed by atoms with van der Waals surface area (Å²) in [5.41, 5.74) is -0.148. The van der Waals surface area contributed by atoms with Gasteiger partial charge in [-0.2, -0.15) is 0 Å². The molecule has 2 unspecified atom stereocenters. The molecule has 3 aromatic carbocycles. The third-order valence-electron chi connectivity index (χ3n) is 5.71. The third-order valence-corrected chi connectivity index (χ3v) is 5.71. The van der Waals surface area contributed by atoms with Gasteiger partial charge in [-0.25, -0.2) is 0 Å². The highest BCUT2D eigenvalue weighted by Gasteiger charge is 2.48. The molecule has 27 heavy (non-hydrogen) atoms. The number of carbonyl (C=O) groups is 1. The maximum atomic E-state index is 13.0. The molecular weight excluding hydrogens is 338 g/mol. The number of carbonyl (C=O) groups excluding carboxylic acids is 1. The van der Waals surface area contributed by atoms with Crippen LogP contribution in [0.4, 0.5) is 0 Å². The summed E-state index contributed by atoms with van der Waals surface area (Å²) in [6.45, 7) is 2.51. The van der Waals surface area contributed by atoms with Gasteiger partial charge in [-0.15, -0.1) is 0 Å². The average molecular weight is 363 g/mol. The van der Waals surface area contributed by atoms with E-state index < -0.39 is 5.72 Å². The number of aliphatic hydroxyl groups is 1. The number of unbranched alkanes of at least 4 members (excludes halogenated alkanes) is 1. The molecule has 1 amide bonds. The highest BCUT2D eigenvalue weighted by Crippen LogP contribution is 2.45. The second-order valence-corrected chi connectivity index (χ2v) is 7.36. The molecule has 3 aromatic rings. The molecule has 1 aliphatic heterocycles. The summed E-state index contributed by atoms with van der Waals surface area (Å²) in [4.78, 5) is 13.0. The standard InChI is InChI=1S/C23H25NO3/c1-3-4-9-15(14-27-2)23(26)21-19-13-8-6-11-17(19)16-10-5-7-12-18(16)20(21)22(25)24-23/h5-8,10-13,15,26H,3-4,9,14H2,1-2H3,(H,24,25). The molecule has 0 saturated carbocycles. The molecule has 4 heteroatoms. The summed E-state index contributed by atoms with van der Waals surface area (Å²) in [5.74, 6) is -0.427. The zero-order valence-electron chi connectivity index (χ0n) is 15.8. The Labute approximate surface area is 159 Å². The zero-order valence-corrected chi connectivity index (χ0v) is 15.8. The van der Waals surface area contributed by atoms with Gasteiger partial charge >= 0.3 is 0 Å². The Morgan fingerprint density at radius 3 is 2.26 bits per heavy atom. The Morgan fingerprint density at radius 1 is 1.04 bits per heavy atom. The van der Waals surface area contributed by atoms with Crippen LogP contribution in [0.15, 0.2) is 48.5 Å². The first-order chi connectivity index (χ1) is 13.1.